The maximum atomic E-state index is 12.4. The number of anilines is 1. The highest BCUT2D eigenvalue weighted by Crippen LogP contribution is 2.25. The second-order valence-corrected chi connectivity index (χ2v) is 6.27. The van der Waals surface area contributed by atoms with Crippen LogP contribution in [0, 0.1) is 0 Å². The van der Waals surface area contributed by atoms with Crippen molar-refractivity contribution < 1.29 is 18.0 Å². The van der Waals surface area contributed by atoms with E-state index in [2.05, 4.69) is 10.6 Å². The lowest BCUT2D eigenvalue weighted by molar-refractivity contribution is -0.143. The Morgan fingerprint density at radius 2 is 2.04 bits per heavy atom. The van der Waals surface area contributed by atoms with Gasteiger partial charge in [-0.15, -0.1) is 0 Å². The van der Waals surface area contributed by atoms with Crippen molar-refractivity contribution in [2.75, 3.05) is 25.0 Å². The molecule has 1 atom stereocenters. The van der Waals surface area contributed by atoms with Gasteiger partial charge in [-0.1, -0.05) is 6.07 Å². The number of alkyl halides is 3. The number of nitrogens with zero attached hydrogens (tertiary/aromatic N) is 1. The third kappa shape index (κ3) is 4.37. The van der Waals surface area contributed by atoms with Crippen LogP contribution < -0.4 is 10.6 Å². The van der Waals surface area contributed by atoms with Crippen molar-refractivity contribution in [3.63, 3.8) is 0 Å². The Balaban J connectivity index is 1.48. The van der Waals surface area contributed by atoms with Crippen LogP contribution in [0.3, 0.4) is 0 Å². The molecule has 2 aliphatic rings. The van der Waals surface area contributed by atoms with E-state index in [1.807, 2.05) is 18.2 Å². The Morgan fingerprint density at radius 3 is 2.83 bits per heavy atom. The lowest BCUT2D eigenvalue weighted by Crippen LogP contribution is -2.41. The van der Waals surface area contributed by atoms with Crippen molar-refractivity contribution >= 4 is 11.7 Å². The Morgan fingerprint density at radius 1 is 1.26 bits per heavy atom. The smallest absolute Gasteiger partial charge is 0.334 e. The summed E-state index contributed by atoms with van der Waals surface area (Å²) in [6.45, 7) is -0.335. The zero-order valence-electron chi connectivity index (χ0n) is 12.7. The summed E-state index contributed by atoms with van der Waals surface area (Å²) >= 11 is 0. The molecule has 3 rings (SSSR count). The van der Waals surface area contributed by atoms with Crippen molar-refractivity contribution in [1.82, 2.24) is 10.2 Å². The van der Waals surface area contributed by atoms with Gasteiger partial charge in [0.15, 0.2) is 0 Å². The second-order valence-electron chi connectivity index (χ2n) is 6.27. The molecule has 1 aromatic carbocycles. The highest BCUT2D eigenvalue weighted by Gasteiger charge is 2.34. The van der Waals surface area contributed by atoms with Gasteiger partial charge in [-0.2, -0.15) is 13.2 Å². The molecule has 2 N–H and O–H groups in total. The van der Waals surface area contributed by atoms with Crippen molar-refractivity contribution in [3.05, 3.63) is 29.3 Å². The number of fused-ring (bicyclic) bond motifs is 1. The number of aryl methyl sites for hydroxylation is 2. The molecular weight excluding hydrogens is 307 g/mol. The van der Waals surface area contributed by atoms with Crippen molar-refractivity contribution in [2.24, 2.45) is 0 Å². The van der Waals surface area contributed by atoms with E-state index in [9.17, 15) is 18.0 Å². The molecule has 1 aromatic rings. The molecule has 4 nitrogen and oxygen atoms in total. The number of likely N-dealkylation sites (tertiary alicyclic amines) is 1. The number of rotatable bonds is 3. The molecule has 126 valence electrons. The van der Waals surface area contributed by atoms with Gasteiger partial charge in [0.1, 0.15) is 0 Å². The zero-order valence-corrected chi connectivity index (χ0v) is 12.7. The van der Waals surface area contributed by atoms with E-state index in [-0.39, 0.29) is 18.6 Å². The minimum absolute atomic E-state index is 0.233. The molecular formula is C16H20F3N3O. The number of carbonyl (C=O) groups excluding carboxylic acids is 1. The van der Waals surface area contributed by atoms with Gasteiger partial charge in [0.2, 0.25) is 0 Å². The molecule has 0 unspecified atom stereocenters. The summed E-state index contributed by atoms with van der Waals surface area (Å²) < 4.78 is 37.1. The molecule has 0 spiro atoms. The SMILES string of the molecule is O=C(Nc1ccc2c(c1)CCC2)N[C@@H]1CCN(CC(F)(F)F)C1. The minimum atomic E-state index is -4.19. The maximum absolute atomic E-state index is 12.4. The van der Waals surface area contributed by atoms with Gasteiger partial charge in [-0.3, -0.25) is 4.90 Å². The second kappa shape index (κ2) is 6.39. The van der Waals surface area contributed by atoms with Gasteiger partial charge in [-0.25, -0.2) is 4.79 Å². The Kier molecular flexibility index (Phi) is 4.48. The predicted octanol–water partition coefficient (Wildman–Crippen LogP) is 2.93. The average Bonchev–Trinajstić information content (AvgIpc) is 3.05. The normalized spacial score (nSPS) is 21.3. The summed E-state index contributed by atoms with van der Waals surface area (Å²) in [4.78, 5) is 13.3. The summed E-state index contributed by atoms with van der Waals surface area (Å²) in [5.41, 5.74) is 3.32. The maximum Gasteiger partial charge on any atom is 0.401 e. The Labute approximate surface area is 133 Å². The summed E-state index contributed by atoms with van der Waals surface area (Å²) in [5.74, 6) is 0. The fraction of sp³-hybridized carbons (Fsp3) is 0.562. The molecule has 7 heteroatoms. The van der Waals surface area contributed by atoms with Gasteiger partial charge in [0.25, 0.3) is 0 Å². The fourth-order valence-corrected chi connectivity index (χ4v) is 3.35. The van der Waals surface area contributed by atoms with Crippen LogP contribution in [0.5, 0.6) is 0 Å². The molecule has 0 bridgehead atoms. The van der Waals surface area contributed by atoms with E-state index in [1.54, 1.807) is 0 Å². The number of hydrogen-bond acceptors (Lipinski definition) is 2. The van der Waals surface area contributed by atoms with Crippen LogP contribution in [0.2, 0.25) is 0 Å². The van der Waals surface area contributed by atoms with Crippen LogP contribution >= 0.6 is 0 Å². The van der Waals surface area contributed by atoms with E-state index in [0.717, 1.165) is 24.9 Å². The summed E-state index contributed by atoms with van der Waals surface area (Å²) in [6.07, 6.45) is -0.405. The van der Waals surface area contributed by atoms with Gasteiger partial charge in [0, 0.05) is 24.8 Å². The average molecular weight is 327 g/mol. The van der Waals surface area contributed by atoms with Crippen molar-refractivity contribution in [2.45, 2.75) is 37.9 Å². The fourth-order valence-electron chi connectivity index (χ4n) is 3.35. The molecule has 1 fully saturated rings. The van der Waals surface area contributed by atoms with E-state index in [1.165, 1.54) is 16.0 Å². The number of hydrogen-bond donors (Lipinski definition) is 2. The highest BCUT2D eigenvalue weighted by atomic mass is 19.4. The number of benzene rings is 1. The van der Waals surface area contributed by atoms with Crippen molar-refractivity contribution in [1.29, 1.82) is 0 Å². The lowest BCUT2D eigenvalue weighted by atomic mass is 10.1. The van der Waals surface area contributed by atoms with Crippen LogP contribution in [0.25, 0.3) is 0 Å². The summed E-state index contributed by atoms with van der Waals surface area (Å²) in [5, 5.41) is 5.52. The number of halogens is 3. The van der Waals surface area contributed by atoms with Crippen LogP contribution in [-0.2, 0) is 12.8 Å². The molecule has 2 amide bonds. The van der Waals surface area contributed by atoms with Crippen LogP contribution in [0.15, 0.2) is 18.2 Å². The Hall–Kier alpha value is -1.76. The van der Waals surface area contributed by atoms with Gasteiger partial charge in [0.05, 0.1) is 6.54 Å². The molecule has 0 aromatic heterocycles. The minimum Gasteiger partial charge on any atom is -0.334 e. The monoisotopic (exact) mass is 327 g/mol. The largest absolute Gasteiger partial charge is 0.401 e. The van der Waals surface area contributed by atoms with Crippen LogP contribution in [0.4, 0.5) is 23.7 Å². The quantitative estimate of drug-likeness (QED) is 0.896. The molecule has 0 radical (unpaired) electrons. The van der Waals surface area contributed by atoms with E-state index in [4.69, 9.17) is 0 Å². The van der Waals surface area contributed by atoms with Crippen molar-refractivity contribution in [3.8, 4) is 0 Å². The number of carbonyl (C=O) groups is 1. The molecule has 1 heterocycles. The first-order chi connectivity index (χ1) is 10.9. The van der Waals surface area contributed by atoms with Crippen LogP contribution in [0.1, 0.15) is 24.0 Å². The number of urea groups is 1. The molecule has 1 aliphatic heterocycles. The standard InChI is InChI=1S/C16H20F3N3O/c17-16(18,19)10-22-7-6-14(9-22)21-15(23)20-13-5-4-11-2-1-3-12(11)8-13/h4-5,8,14H,1-3,6-7,9-10H2,(H2,20,21,23)/t14-/m1/s1. The first kappa shape index (κ1) is 16.1. The van der Waals surface area contributed by atoms with E-state index in [0.29, 0.717) is 13.0 Å². The van der Waals surface area contributed by atoms with Crippen LogP contribution in [-0.4, -0.2) is 42.8 Å². The third-order valence-electron chi connectivity index (χ3n) is 4.37. The topological polar surface area (TPSA) is 44.4 Å². The van der Waals surface area contributed by atoms with Gasteiger partial charge < -0.3 is 10.6 Å². The Bertz CT molecular complexity index is 588. The van der Waals surface area contributed by atoms with Gasteiger partial charge in [-0.05, 0) is 48.9 Å². The van der Waals surface area contributed by atoms with Gasteiger partial charge >= 0.3 is 12.2 Å². The molecule has 1 aliphatic carbocycles. The lowest BCUT2D eigenvalue weighted by Gasteiger charge is -2.18. The van der Waals surface area contributed by atoms with E-state index < -0.39 is 12.7 Å². The first-order valence-corrected chi connectivity index (χ1v) is 7.87. The summed E-state index contributed by atoms with van der Waals surface area (Å²) in [7, 11) is 0. The molecule has 0 saturated carbocycles. The first-order valence-electron chi connectivity index (χ1n) is 7.87. The molecule has 1 saturated heterocycles. The number of nitrogens with one attached hydrogen (secondary N) is 2. The van der Waals surface area contributed by atoms with E-state index >= 15 is 0 Å². The zero-order chi connectivity index (χ0) is 16.4. The molecule has 23 heavy (non-hydrogen) atoms. The highest BCUT2D eigenvalue weighted by molar-refractivity contribution is 5.89. The third-order valence-corrected chi connectivity index (χ3v) is 4.37. The summed E-state index contributed by atoms with van der Waals surface area (Å²) in [6, 6.07) is 5.27. The predicted molar refractivity (Wildman–Crippen MR) is 81.5 cm³/mol. The number of amides is 2.